The molecule has 0 aliphatic carbocycles. The Morgan fingerprint density at radius 1 is 1.04 bits per heavy atom. The van der Waals surface area contributed by atoms with Crippen LogP contribution < -0.4 is 14.8 Å². The van der Waals surface area contributed by atoms with Crippen molar-refractivity contribution in [2.24, 2.45) is 0 Å². The molecule has 0 spiro atoms. The third kappa shape index (κ3) is 2.96. The van der Waals surface area contributed by atoms with Crippen molar-refractivity contribution in [3.63, 3.8) is 0 Å². The maximum Gasteiger partial charge on any atom is 0.337 e. The Hall–Kier alpha value is -3.02. The summed E-state index contributed by atoms with van der Waals surface area (Å²) >= 11 is 0. The number of aryl methyl sites for hydroxylation is 1. The van der Waals surface area contributed by atoms with E-state index < -0.39 is 5.97 Å². The molecule has 0 bridgehead atoms. The molecule has 0 atom stereocenters. The van der Waals surface area contributed by atoms with E-state index in [2.05, 4.69) is 10.1 Å². The molecule has 0 saturated carbocycles. The van der Waals surface area contributed by atoms with Gasteiger partial charge in [0.25, 0.3) is 5.91 Å². The average molecular weight is 313 g/mol. The predicted octanol–water partition coefficient (Wildman–Crippen LogP) is 2.76. The number of esters is 1. The molecule has 1 N–H and O–H groups in total. The van der Waals surface area contributed by atoms with Crippen molar-refractivity contribution >= 4 is 17.6 Å². The highest BCUT2D eigenvalue weighted by Crippen LogP contribution is 2.32. The second-order valence-corrected chi connectivity index (χ2v) is 5.04. The molecule has 1 aliphatic rings. The summed E-state index contributed by atoms with van der Waals surface area (Å²) in [4.78, 5) is 24.0. The summed E-state index contributed by atoms with van der Waals surface area (Å²) in [6, 6.07) is 9.96. The molecule has 2 aromatic rings. The minimum absolute atomic E-state index is 0.153. The highest BCUT2D eigenvalue weighted by atomic mass is 16.7. The number of fused-ring (bicyclic) bond motifs is 1. The van der Waals surface area contributed by atoms with Gasteiger partial charge in [0.05, 0.1) is 12.7 Å². The molecule has 3 rings (SSSR count). The molecular formula is C17H15NO5. The minimum atomic E-state index is -0.455. The fourth-order valence-electron chi connectivity index (χ4n) is 2.23. The number of hydrogen-bond donors (Lipinski definition) is 1. The van der Waals surface area contributed by atoms with Gasteiger partial charge >= 0.3 is 5.97 Å². The maximum absolute atomic E-state index is 12.4. The van der Waals surface area contributed by atoms with Crippen LogP contribution in [0.4, 0.5) is 5.69 Å². The second kappa shape index (κ2) is 6.00. The topological polar surface area (TPSA) is 73.9 Å². The monoisotopic (exact) mass is 313 g/mol. The Morgan fingerprint density at radius 2 is 1.78 bits per heavy atom. The first kappa shape index (κ1) is 14.9. The van der Waals surface area contributed by atoms with Gasteiger partial charge in [0, 0.05) is 11.3 Å². The zero-order valence-electron chi connectivity index (χ0n) is 12.7. The molecule has 0 aromatic heterocycles. The summed E-state index contributed by atoms with van der Waals surface area (Å²) in [6.07, 6.45) is 0. The van der Waals surface area contributed by atoms with Crippen LogP contribution in [0.3, 0.4) is 0 Å². The van der Waals surface area contributed by atoms with Gasteiger partial charge in [-0.05, 0) is 42.8 Å². The number of carbonyl (C=O) groups excluding carboxylic acids is 2. The van der Waals surface area contributed by atoms with Gasteiger partial charge in [-0.15, -0.1) is 0 Å². The van der Waals surface area contributed by atoms with Crippen LogP contribution in [-0.2, 0) is 4.74 Å². The maximum atomic E-state index is 12.4. The predicted molar refractivity (Wildman–Crippen MR) is 83.0 cm³/mol. The van der Waals surface area contributed by atoms with E-state index in [-0.39, 0.29) is 12.7 Å². The van der Waals surface area contributed by atoms with Crippen molar-refractivity contribution in [2.75, 3.05) is 19.2 Å². The van der Waals surface area contributed by atoms with E-state index in [0.29, 0.717) is 28.3 Å². The van der Waals surface area contributed by atoms with Crippen LogP contribution in [0.15, 0.2) is 36.4 Å². The van der Waals surface area contributed by atoms with Crippen molar-refractivity contribution in [3.8, 4) is 11.5 Å². The van der Waals surface area contributed by atoms with Crippen LogP contribution in [-0.4, -0.2) is 25.8 Å². The lowest BCUT2D eigenvalue weighted by molar-refractivity contribution is 0.0600. The summed E-state index contributed by atoms with van der Waals surface area (Å²) in [5.41, 5.74) is 2.21. The van der Waals surface area contributed by atoms with Gasteiger partial charge in [0.2, 0.25) is 6.79 Å². The van der Waals surface area contributed by atoms with E-state index in [1.165, 1.54) is 7.11 Å². The lowest BCUT2D eigenvalue weighted by Crippen LogP contribution is -2.13. The fraction of sp³-hybridized carbons (Fsp3) is 0.176. The van der Waals surface area contributed by atoms with Crippen molar-refractivity contribution < 1.29 is 23.8 Å². The Kier molecular flexibility index (Phi) is 3.89. The van der Waals surface area contributed by atoms with Crippen LogP contribution in [0.1, 0.15) is 26.3 Å². The van der Waals surface area contributed by atoms with Crippen LogP contribution in [0.2, 0.25) is 0 Å². The second-order valence-electron chi connectivity index (χ2n) is 5.04. The highest BCUT2D eigenvalue weighted by molar-refractivity contribution is 6.05. The van der Waals surface area contributed by atoms with Crippen LogP contribution >= 0.6 is 0 Å². The molecular weight excluding hydrogens is 298 g/mol. The number of carbonyl (C=O) groups is 2. The van der Waals surface area contributed by atoms with E-state index in [4.69, 9.17) is 9.47 Å². The summed E-state index contributed by atoms with van der Waals surface area (Å²) in [6.45, 7) is 2.00. The lowest BCUT2D eigenvalue weighted by atomic mass is 10.1. The molecule has 0 saturated heterocycles. The van der Waals surface area contributed by atoms with E-state index in [0.717, 1.165) is 5.56 Å². The third-order valence-corrected chi connectivity index (χ3v) is 3.54. The van der Waals surface area contributed by atoms with Crippen molar-refractivity contribution in [2.45, 2.75) is 6.92 Å². The normalized spacial score (nSPS) is 11.9. The Morgan fingerprint density at radius 3 is 2.57 bits per heavy atom. The third-order valence-electron chi connectivity index (χ3n) is 3.54. The van der Waals surface area contributed by atoms with Gasteiger partial charge in [0.15, 0.2) is 11.5 Å². The zero-order chi connectivity index (χ0) is 16.4. The highest BCUT2D eigenvalue weighted by Gasteiger charge is 2.17. The van der Waals surface area contributed by atoms with E-state index in [1.54, 1.807) is 36.4 Å². The van der Waals surface area contributed by atoms with Crippen LogP contribution in [0.5, 0.6) is 11.5 Å². The first-order chi connectivity index (χ1) is 11.1. The molecule has 118 valence electrons. The number of nitrogens with one attached hydrogen (secondary N) is 1. The molecule has 1 heterocycles. The molecule has 6 heteroatoms. The van der Waals surface area contributed by atoms with Crippen molar-refractivity contribution in [1.29, 1.82) is 0 Å². The molecule has 1 amide bonds. The summed E-state index contributed by atoms with van der Waals surface area (Å²) < 4.78 is 15.2. The van der Waals surface area contributed by atoms with Gasteiger partial charge in [-0.3, -0.25) is 4.79 Å². The molecule has 2 aromatic carbocycles. The SMILES string of the molecule is COC(=O)c1ccc(C)c(NC(=O)c2ccc3c(c2)OCO3)c1. The van der Waals surface area contributed by atoms with Gasteiger partial charge in [-0.2, -0.15) is 0 Å². The first-order valence-corrected chi connectivity index (χ1v) is 6.98. The zero-order valence-corrected chi connectivity index (χ0v) is 12.7. The van der Waals surface area contributed by atoms with Crippen molar-refractivity contribution in [3.05, 3.63) is 53.1 Å². The number of hydrogen-bond acceptors (Lipinski definition) is 5. The summed E-state index contributed by atoms with van der Waals surface area (Å²) in [5.74, 6) is 0.403. The lowest BCUT2D eigenvalue weighted by Gasteiger charge is -2.10. The van der Waals surface area contributed by atoms with Crippen molar-refractivity contribution in [1.82, 2.24) is 0 Å². The molecule has 6 nitrogen and oxygen atoms in total. The number of ether oxygens (including phenoxy) is 3. The fourth-order valence-corrected chi connectivity index (χ4v) is 2.23. The van der Waals surface area contributed by atoms with E-state index >= 15 is 0 Å². The molecule has 1 aliphatic heterocycles. The first-order valence-electron chi connectivity index (χ1n) is 6.98. The number of amides is 1. The van der Waals surface area contributed by atoms with E-state index in [9.17, 15) is 9.59 Å². The number of anilines is 1. The average Bonchev–Trinajstić information content (AvgIpc) is 3.03. The minimum Gasteiger partial charge on any atom is -0.465 e. The van der Waals surface area contributed by atoms with Gasteiger partial charge in [0.1, 0.15) is 0 Å². The number of methoxy groups -OCH3 is 1. The number of benzene rings is 2. The Bertz CT molecular complexity index is 785. The molecule has 0 unspecified atom stereocenters. The Labute approximate surface area is 133 Å². The summed E-state index contributed by atoms with van der Waals surface area (Å²) in [5, 5.41) is 2.79. The van der Waals surface area contributed by atoms with Crippen LogP contribution in [0.25, 0.3) is 0 Å². The largest absolute Gasteiger partial charge is 0.465 e. The molecule has 0 fully saturated rings. The van der Waals surface area contributed by atoms with Gasteiger partial charge < -0.3 is 19.5 Å². The van der Waals surface area contributed by atoms with Gasteiger partial charge in [-0.1, -0.05) is 6.07 Å². The van der Waals surface area contributed by atoms with Gasteiger partial charge in [-0.25, -0.2) is 4.79 Å². The quantitative estimate of drug-likeness (QED) is 0.882. The summed E-state index contributed by atoms with van der Waals surface area (Å²) in [7, 11) is 1.31. The van der Waals surface area contributed by atoms with Crippen LogP contribution in [0, 0.1) is 6.92 Å². The smallest absolute Gasteiger partial charge is 0.337 e. The molecule has 23 heavy (non-hydrogen) atoms. The Balaban J connectivity index is 1.84. The standard InChI is InChI=1S/C17H15NO5/c1-10-3-4-12(17(20)21-2)7-13(10)18-16(19)11-5-6-14-15(8-11)23-9-22-14/h3-8H,9H2,1-2H3,(H,18,19). The number of rotatable bonds is 3. The van der Waals surface area contributed by atoms with E-state index in [1.807, 2.05) is 6.92 Å². The molecule has 0 radical (unpaired) electrons.